The smallest absolute Gasteiger partial charge is 0.279 e. The minimum absolute atomic E-state index is 0.0371. The van der Waals surface area contributed by atoms with Crippen LogP contribution in [-0.4, -0.2) is 18.6 Å². The Labute approximate surface area is 109 Å². The van der Waals surface area contributed by atoms with Crippen molar-refractivity contribution in [3.8, 4) is 0 Å². The SMILES string of the molecule is NCc1cn[nH]c1S(=O)(=O)Nc1cccc(Cl)c1. The first-order valence-electron chi connectivity index (χ1n) is 5.03. The molecule has 0 atom stereocenters. The molecule has 1 aromatic carbocycles. The Bertz CT molecular complexity index is 653. The molecular weight excluding hydrogens is 276 g/mol. The third-order valence-electron chi connectivity index (χ3n) is 2.24. The quantitative estimate of drug-likeness (QED) is 0.789. The highest BCUT2D eigenvalue weighted by molar-refractivity contribution is 7.92. The largest absolute Gasteiger partial charge is 0.326 e. The maximum absolute atomic E-state index is 12.1. The Morgan fingerprint density at radius 3 is 2.89 bits per heavy atom. The van der Waals surface area contributed by atoms with Crippen LogP contribution in [0.2, 0.25) is 5.02 Å². The number of hydrogen-bond acceptors (Lipinski definition) is 4. The van der Waals surface area contributed by atoms with Gasteiger partial charge in [-0.25, -0.2) is 0 Å². The Morgan fingerprint density at radius 2 is 2.22 bits per heavy atom. The Morgan fingerprint density at radius 1 is 1.44 bits per heavy atom. The Hall–Kier alpha value is -1.57. The van der Waals surface area contributed by atoms with Crippen molar-refractivity contribution in [3.63, 3.8) is 0 Å². The van der Waals surface area contributed by atoms with E-state index in [2.05, 4.69) is 14.9 Å². The van der Waals surface area contributed by atoms with Crippen LogP contribution in [0.15, 0.2) is 35.5 Å². The van der Waals surface area contributed by atoms with Gasteiger partial charge in [-0.1, -0.05) is 17.7 Å². The molecule has 0 spiro atoms. The van der Waals surface area contributed by atoms with Crippen molar-refractivity contribution >= 4 is 27.3 Å². The van der Waals surface area contributed by atoms with E-state index in [4.69, 9.17) is 17.3 Å². The van der Waals surface area contributed by atoms with Gasteiger partial charge in [0.2, 0.25) is 0 Å². The van der Waals surface area contributed by atoms with Crippen LogP contribution in [0, 0.1) is 0 Å². The molecule has 0 aliphatic rings. The molecular formula is C10H11ClN4O2S. The second-order valence-electron chi connectivity index (χ2n) is 3.54. The van der Waals surface area contributed by atoms with Crippen molar-refractivity contribution in [2.24, 2.45) is 5.73 Å². The standard InChI is InChI=1S/C10H11ClN4O2S/c11-8-2-1-3-9(4-8)15-18(16,17)10-7(5-12)6-13-14-10/h1-4,6,15H,5,12H2,(H,13,14). The van der Waals surface area contributed by atoms with Crippen LogP contribution in [0.5, 0.6) is 0 Å². The highest BCUT2D eigenvalue weighted by Crippen LogP contribution is 2.19. The van der Waals surface area contributed by atoms with E-state index in [-0.39, 0.29) is 11.6 Å². The summed E-state index contributed by atoms with van der Waals surface area (Å²) in [5, 5.41) is 6.49. The molecule has 8 heteroatoms. The van der Waals surface area contributed by atoms with E-state index in [1.165, 1.54) is 12.3 Å². The van der Waals surface area contributed by atoms with E-state index in [0.29, 0.717) is 16.3 Å². The predicted octanol–water partition coefficient (Wildman–Crippen LogP) is 1.32. The molecule has 0 amide bonds. The van der Waals surface area contributed by atoms with E-state index in [0.717, 1.165) is 0 Å². The van der Waals surface area contributed by atoms with E-state index >= 15 is 0 Å². The molecule has 4 N–H and O–H groups in total. The van der Waals surface area contributed by atoms with Crippen LogP contribution < -0.4 is 10.5 Å². The third kappa shape index (κ3) is 2.63. The van der Waals surface area contributed by atoms with E-state index in [1.807, 2.05) is 0 Å². The fourth-order valence-electron chi connectivity index (χ4n) is 1.44. The lowest BCUT2D eigenvalue weighted by molar-refractivity contribution is 0.596. The fourth-order valence-corrected chi connectivity index (χ4v) is 2.82. The van der Waals surface area contributed by atoms with Crippen molar-refractivity contribution < 1.29 is 8.42 Å². The molecule has 0 bridgehead atoms. The number of benzene rings is 1. The molecule has 0 saturated carbocycles. The van der Waals surface area contributed by atoms with Gasteiger partial charge in [0.25, 0.3) is 10.0 Å². The lowest BCUT2D eigenvalue weighted by Gasteiger charge is -2.07. The zero-order chi connectivity index (χ0) is 13.2. The second-order valence-corrected chi connectivity index (χ2v) is 5.60. The number of aromatic amines is 1. The van der Waals surface area contributed by atoms with Gasteiger partial charge in [0.1, 0.15) is 0 Å². The van der Waals surface area contributed by atoms with Gasteiger partial charge in [-0.05, 0) is 18.2 Å². The van der Waals surface area contributed by atoms with Crippen molar-refractivity contribution in [2.45, 2.75) is 11.6 Å². The first-order chi connectivity index (χ1) is 8.53. The molecule has 0 fully saturated rings. The number of H-pyrrole nitrogens is 1. The summed E-state index contributed by atoms with van der Waals surface area (Å²) < 4.78 is 26.5. The van der Waals surface area contributed by atoms with Crippen LogP contribution in [0.4, 0.5) is 5.69 Å². The lowest BCUT2D eigenvalue weighted by Crippen LogP contribution is -2.16. The number of aromatic nitrogens is 2. The van der Waals surface area contributed by atoms with Crippen molar-refractivity contribution in [2.75, 3.05) is 4.72 Å². The van der Waals surface area contributed by atoms with Crippen molar-refractivity contribution in [1.29, 1.82) is 0 Å². The minimum atomic E-state index is -3.74. The average molecular weight is 287 g/mol. The number of nitrogens with two attached hydrogens (primary N) is 1. The maximum Gasteiger partial charge on any atom is 0.279 e. The average Bonchev–Trinajstić information content (AvgIpc) is 2.77. The molecule has 2 aromatic rings. The number of anilines is 1. The normalized spacial score (nSPS) is 11.4. The number of nitrogens with one attached hydrogen (secondary N) is 2. The first kappa shape index (κ1) is 12.9. The van der Waals surface area contributed by atoms with Gasteiger partial charge in [0.15, 0.2) is 5.03 Å². The van der Waals surface area contributed by atoms with Gasteiger partial charge in [0.05, 0.1) is 11.9 Å². The van der Waals surface area contributed by atoms with Crippen molar-refractivity contribution in [1.82, 2.24) is 10.2 Å². The molecule has 96 valence electrons. The van der Waals surface area contributed by atoms with Crippen LogP contribution in [0.1, 0.15) is 5.56 Å². The molecule has 0 aliphatic heterocycles. The van der Waals surface area contributed by atoms with Crippen LogP contribution >= 0.6 is 11.6 Å². The molecule has 18 heavy (non-hydrogen) atoms. The molecule has 1 aromatic heterocycles. The van der Waals surface area contributed by atoms with Crippen LogP contribution in [-0.2, 0) is 16.6 Å². The number of sulfonamides is 1. The van der Waals surface area contributed by atoms with Crippen LogP contribution in [0.3, 0.4) is 0 Å². The fraction of sp³-hybridized carbons (Fsp3) is 0.100. The summed E-state index contributed by atoms with van der Waals surface area (Å²) in [5.74, 6) is 0. The zero-order valence-corrected chi connectivity index (χ0v) is 10.8. The Kier molecular flexibility index (Phi) is 3.55. The van der Waals surface area contributed by atoms with Crippen molar-refractivity contribution in [3.05, 3.63) is 41.0 Å². The monoisotopic (exact) mass is 286 g/mol. The summed E-state index contributed by atoms with van der Waals surface area (Å²) >= 11 is 5.78. The molecule has 0 aliphatic carbocycles. The van der Waals surface area contributed by atoms with E-state index in [1.54, 1.807) is 18.2 Å². The number of halogens is 1. The third-order valence-corrected chi connectivity index (χ3v) is 3.87. The molecule has 0 radical (unpaired) electrons. The molecule has 1 heterocycles. The first-order valence-corrected chi connectivity index (χ1v) is 6.90. The van der Waals surface area contributed by atoms with Gasteiger partial charge in [-0.15, -0.1) is 0 Å². The molecule has 0 saturated heterocycles. The molecule has 0 unspecified atom stereocenters. The molecule has 6 nitrogen and oxygen atoms in total. The number of nitrogens with zero attached hydrogens (tertiary/aromatic N) is 1. The van der Waals surface area contributed by atoms with Gasteiger partial charge < -0.3 is 5.73 Å². The summed E-state index contributed by atoms with van der Waals surface area (Å²) in [6.45, 7) is 0.0856. The summed E-state index contributed by atoms with van der Waals surface area (Å²) in [4.78, 5) is 0. The second kappa shape index (κ2) is 4.97. The summed E-state index contributed by atoms with van der Waals surface area (Å²) in [6.07, 6.45) is 1.38. The summed E-state index contributed by atoms with van der Waals surface area (Å²) in [7, 11) is -3.74. The van der Waals surface area contributed by atoms with Gasteiger partial charge in [-0.2, -0.15) is 13.5 Å². The van der Waals surface area contributed by atoms with Gasteiger partial charge in [0, 0.05) is 17.1 Å². The highest BCUT2D eigenvalue weighted by atomic mass is 35.5. The molecule has 2 rings (SSSR count). The topological polar surface area (TPSA) is 101 Å². The highest BCUT2D eigenvalue weighted by Gasteiger charge is 2.20. The lowest BCUT2D eigenvalue weighted by atomic mass is 10.3. The Balaban J connectivity index is 2.33. The summed E-state index contributed by atoms with van der Waals surface area (Å²) in [5.41, 5.74) is 6.23. The zero-order valence-electron chi connectivity index (χ0n) is 9.22. The van der Waals surface area contributed by atoms with E-state index < -0.39 is 10.0 Å². The van der Waals surface area contributed by atoms with Gasteiger partial charge in [-0.3, -0.25) is 9.82 Å². The predicted molar refractivity (Wildman–Crippen MR) is 68.7 cm³/mol. The minimum Gasteiger partial charge on any atom is -0.326 e. The van der Waals surface area contributed by atoms with Gasteiger partial charge >= 0.3 is 0 Å². The summed E-state index contributed by atoms with van der Waals surface area (Å²) in [6, 6.07) is 6.41. The van der Waals surface area contributed by atoms with Crippen LogP contribution in [0.25, 0.3) is 0 Å². The maximum atomic E-state index is 12.1. The number of rotatable bonds is 4. The van der Waals surface area contributed by atoms with E-state index in [9.17, 15) is 8.42 Å². The number of hydrogen-bond donors (Lipinski definition) is 3.